The second-order valence-electron chi connectivity index (χ2n) is 12.1. The Labute approximate surface area is 249 Å². The zero-order valence-electron chi connectivity index (χ0n) is 23.8. The maximum absolute atomic E-state index is 14.1. The van der Waals surface area contributed by atoms with Crippen molar-refractivity contribution in [3.8, 4) is 16.9 Å². The highest BCUT2D eigenvalue weighted by molar-refractivity contribution is 6.24. The number of phenolic OH excluding ortho intramolecular Hbond substituents is 1. The average molecular weight is 616 g/mol. The molecule has 0 aliphatic heterocycles. The molecule has 3 aliphatic rings. The van der Waals surface area contributed by atoms with Gasteiger partial charge in [-0.1, -0.05) is 44.2 Å². The molecule has 13 heteroatoms. The fraction of sp³-hybridized carbons (Fsp3) is 0.387. The summed E-state index contributed by atoms with van der Waals surface area (Å²) in [5.74, 6) is -8.62. The van der Waals surface area contributed by atoms with Crippen molar-refractivity contribution in [3.63, 3.8) is 0 Å². The number of carbonyl (C=O) groups excluding carboxylic acids is 3. The van der Waals surface area contributed by atoms with Crippen LogP contribution in [-0.2, 0) is 27.3 Å². The minimum atomic E-state index is -4.35. The molecule has 44 heavy (non-hydrogen) atoms. The minimum Gasteiger partial charge on any atom is -0.508 e. The maximum atomic E-state index is 14.1. The van der Waals surface area contributed by atoms with Crippen LogP contribution in [0.5, 0.6) is 5.75 Å². The zero-order chi connectivity index (χ0) is 32.5. The van der Waals surface area contributed by atoms with Gasteiger partial charge in [0, 0.05) is 18.4 Å². The van der Waals surface area contributed by atoms with Crippen LogP contribution in [0.3, 0.4) is 0 Å². The van der Waals surface area contributed by atoms with Gasteiger partial charge < -0.3 is 37.2 Å². The number of Topliss-reactive ketones (excluding diaryl/α,β-unsaturated/α-hetero) is 2. The van der Waals surface area contributed by atoms with Gasteiger partial charge >= 0.3 is 6.18 Å². The van der Waals surface area contributed by atoms with Crippen molar-refractivity contribution in [2.75, 3.05) is 6.54 Å². The number of ketones is 2. The number of aromatic hydroxyl groups is 1. The Morgan fingerprint density at radius 2 is 1.73 bits per heavy atom. The van der Waals surface area contributed by atoms with Crippen LogP contribution in [0.2, 0.25) is 0 Å². The third-order valence-electron chi connectivity index (χ3n) is 8.91. The van der Waals surface area contributed by atoms with E-state index < -0.39 is 87.5 Å². The van der Waals surface area contributed by atoms with Gasteiger partial charge in [-0.3, -0.25) is 14.4 Å². The molecule has 0 spiro atoms. The number of phenols is 1. The summed E-state index contributed by atoms with van der Waals surface area (Å²) in [4.78, 5) is 39.6. The normalized spacial score (nSPS) is 26.9. The molecule has 0 heterocycles. The number of nitrogens with two attached hydrogens (primary N) is 2. The number of primary amides is 1. The van der Waals surface area contributed by atoms with E-state index in [1.807, 2.05) is 0 Å². The van der Waals surface area contributed by atoms with E-state index in [0.29, 0.717) is 22.3 Å². The van der Waals surface area contributed by atoms with E-state index in [4.69, 9.17) is 11.5 Å². The molecular weight excluding hydrogens is 583 g/mol. The lowest BCUT2D eigenvalue weighted by molar-refractivity contribution is -0.155. The SMILES string of the molecule is CC(C)C1C(=O)C(C(N)=O)=C(O)[C@@]2(O)C(=O)C3=C(O)c4c(O)ccc(-c5ccc(CNCC(F)(F)F)cc5)c4C[C@@]3(N)CC12. The van der Waals surface area contributed by atoms with Crippen LogP contribution in [0, 0.1) is 17.8 Å². The van der Waals surface area contributed by atoms with Crippen molar-refractivity contribution in [1.82, 2.24) is 5.32 Å². The number of amides is 1. The molecule has 9 N–H and O–H groups in total. The van der Waals surface area contributed by atoms with Crippen LogP contribution in [0.25, 0.3) is 16.9 Å². The Morgan fingerprint density at radius 3 is 2.30 bits per heavy atom. The third kappa shape index (κ3) is 4.75. The number of halogens is 3. The van der Waals surface area contributed by atoms with Gasteiger partial charge in [0.1, 0.15) is 22.8 Å². The summed E-state index contributed by atoms with van der Waals surface area (Å²) >= 11 is 0. The minimum absolute atomic E-state index is 0.0345. The Kier molecular flexibility index (Phi) is 7.43. The molecule has 0 radical (unpaired) electrons. The first-order chi connectivity index (χ1) is 20.4. The van der Waals surface area contributed by atoms with Gasteiger partial charge in [-0.15, -0.1) is 0 Å². The number of aliphatic hydroxyl groups excluding tert-OH is 2. The topological polar surface area (TPSA) is 196 Å². The maximum Gasteiger partial charge on any atom is 0.401 e. The van der Waals surface area contributed by atoms with E-state index >= 15 is 0 Å². The first-order valence-electron chi connectivity index (χ1n) is 13.9. The first-order valence-corrected chi connectivity index (χ1v) is 13.9. The van der Waals surface area contributed by atoms with E-state index in [0.717, 1.165) is 0 Å². The van der Waals surface area contributed by atoms with Gasteiger partial charge in [0.25, 0.3) is 5.91 Å². The smallest absolute Gasteiger partial charge is 0.401 e. The van der Waals surface area contributed by atoms with E-state index in [2.05, 4.69) is 5.32 Å². The lowest BCUT2D eigenvalue weighted by Gasteiger charge is -2.53. The number of carbonyl (C=O) groups is 3. The number of nitrogens with one attached hydrogen (secondary N) is 1. The summed E-state index contributed by atoms with van der Waals surface area (Å²) in [5.41, 5.74) is 8.28. The highest BCUT2D eigenvalue weighted by Crippen LogP contribution is 2.56. The Hall–Kier alpha value is -4.20. The van der Waals surface area contributed by atoms with Crippen molar-refractivity contribution in [2.24, 2.45) is 29.2 Å². The molecule has 234 valence electrons. The number of rotatable bonds is 6. The third-order valence-corrected chi connectivity index (χ3v) is 8.91. The van der Waals surface area contributed by atoms with Crippen molar-refractivity contribution >= 4 is 23.2 Å². The van der Waals surface area contributed by atoms with Gasteiger partial charge in [-0.2, -0.15) is 13.2 Å². The molecule has 4 atom stereocenters. The Morgan fingerprint density at radius 1 is 1.09 bits per heavy atom. The van der Waals surface area contributed by atoms with Crippen LogP contribution in [0.1, 0.15) is 37.0 Å². The van der Waals surface area contributed by atoms with Crippen LogP contribution in [0.4, 0.5) is 13.2 Å². The monoisotopic (exact) mass is 615 g/mol. The van der Waals surface area contributed by atoms with Crippen LogP contribution in [-0.4, -0.2) is 61.8 Å². The second-order valence-corrected chi connectivity index (χ2v) is 12.1. The van der Waals surface area contributed by atoms with Crippen molar-refractivity contribution < 1.29 is 48.0 Å². The quantitative estimate of drug-likeness (QED) is 0.239. The molecule has 2 unspecified atom stereocenters. The molecule has 5 rings (SSSR count). The number of benzene rings is 2. The molecule has 3 aliphatic carbocycles. The molecular formula is C31H32F3N3O7. The van der Waals surface area contributed by atoms with E-state index in [9.17, 15) is 48.0 Å². The van der Waals surface area contributed by atoms with E-state index in [-0.39, 0.29) is 24.9 Å². The number of aliphatic hydroxyl groups is 3. The van der Waals surface area contributed by atoms with Crippen molar-refractivity contribution in [2.45, 2.75) is 50.6 Å². The van der Waals surface area contributed by atoms with Gasteiger partial charge in [-0.05, 0) is 47.1 Å². The summed E-state index contributed by atoms with van der Waals surface area (Å²) < 4.78 is 37.5. The number of fused-ring (bicyclic) bond motifs is 3. The van der Waals surface area contributed by atoms with Gasteiger partial charge in [-0.25, -0.2) is 0 Å². The predicted molar refractivity (Wildman–Crippen MR) is 152 cm³/mol. The number of hydrogen-bond acceptors (Lipinski definition) is 9. The molecule has 1 amide bonds. The predicted octanol–water partition coefficient (Wildman–Crippen LogP) is 2.71. The standard InChI is InChI=1S/C31H32F3N3O7/c1-13(2)20-18-10-29(36)9-17-16(15-5-3-14(4-6-15)11-37-12-30(32,33)34)7-8-19(38)21(17)25(40)23(29)27(42)31(18,44)26(41)22(24(20)39)28(35)43/h3-8,13,18,20,37-38,40-41,44H,9-12,36H2,1-2H3,(H2,35,43)/t18?,20?,29-,31-/m1/s1. The summed E-state index contributed by atoms with van der Waals surface area (Å²) in [6.07, 6.45) is -4.75. The summed E-state index contributed by atoms with van der Waals surface area (Å²) in [6.45, 7) is 2.11. The average Bonchev–Trinajstić information content (AvgIpc) is 2.90. The van der Waals surface area contributed by atoms with Gasteiger partial charge in [0.2, 0.25) is 5.78 Å². The highest BCUT2D eigenvalue weighted by atomic mass is 19.4. The molecule has 2 aromatic carbocycles. The summed E-state index contributed by atoms with van der Waals surface area (Å²) in [6, 6.07) is 9.42. The largest absolute Gasteiger partial charge is 0.508 e. The number of hydrogen-bond donors (Lipinski definition) is 7. The van der Waals surface area contributed by atoms with Crippen molar-refractivity contribution in [3.05, 3.63) is 70.0 Å². The lowest BCUT2D eigenvalue weighted by Crippen LogP contribution is -2.68. The van der Waals surface area contributed by atoms with E-state index in [1.165, 1.54) is 6.07 Å². The molecule has 10 nitrogen and oxygen atoms in total. The Balaban J connectivity index is 1.62. The first kappa shape index (κ1) is 31.2. The molecule has 1 saturated carbocycles. The zero-order valence-corrected chi connectivity index (χ0v) is 23.8. The van der Waals surface area contributed by atoms with E-state index in [1.54, 1.807) is 44.2 Å². The molecule has 2 aromatic rings. The highest BCUT2D eigenvalue weighted by Gasteiger charge is 2.66. The molecule has 0 saturated heterocycles. The second kappa shape index (κ2) is 10.5. The fourth-order valence-corrected chi connectivity index (χ4v) is 7.01. The molecule has 0 aromatic heterocycles. The molecule has 1 fully saturated rings. The summed E-state index contributed by atoms with van der Waals surface area (Å²) in [5, 5.41) is 47.4. The van der Waals surface area contributed by atoms with Crippen molar-refractivity contribution in [1.29, 1.82) is 0 Å². The van der Waals surface area contributed by atoms with Gasteiger partial charge in [0.15, 0.2) is 11.4 Å². The molecule has 0 bridgehead atoms. The van der Waals surface area contributed by atoms with Crippen LogP contribution in [0.15, 0.2) is 53.3 Å². The van der Waals surface area contributed by atoms with Crippen LogP contribution >= 0.6 is 0 Å². The van der Waals surface area contributed by atoms with Crippen LogP contribution < -0.4 is 16.8 Å². The Bertz CT molecular complexity index is 1650. The number of alkyl halides is 3. The fourth-order valence-electron chi connectivity index (χ4n) is 7.01. The van der Waals surface area contributed by atoms with Gasteiger partial charge in [0.05, 0.1) is 23.2 Å². The lowest BCUT2D eigenvalue weighted by atomic mass is 9.52. The summed E-state index contributed by atoms with van der Waals surface area (Å²) in [7, 11) is 0.